The van der Waals surface area contributed by atoms with Gasteiger partial charge in [-0.15, -0.1) is 0 Å². The summed E-state index contributed by atoms with van der Waals surface area (Å²) in [6.45, 7) is 1.73. The van der Waals surface area contributed by atoms with Gasteiger partial charge in [-0.25, -0.2) is 0 Å². The zero-order valence-corrected chi connectivity index (χ0v) is 13.8. The number of hydrogen-bond donors (Lipinski definition) is 2. The van der Waals surface area contributed by atoms with E-state index in [4.69, 9.17) is 5.73 Å². The minimum absolute atomic E-state index is 0.276. The molecule has 3 rings (SSSR count). The number of fused-ring (bicyclic) bond motifs is 1. The van der Waals surface area contributed by atoms with Gasteiger partial charge in [0.2, 0.25) is 0 Å². The molecule has 124 valence electrons. The third-order valence-electron chi connectivity index (χ3n) is 3.96. The van der Waals surface area contributed by atoms with Gasteiger partial charge < -0.3 is 11.1 Å². The molecule has 3 aromatic rings. The molecular weight excluding hydrogens is 312 g/mol. The molecule has 0 spiro atoms. The first-order valence-electron chi connectivity index (χ1n) is 7.92. The Morgan fingerprint density at radius 2 is 1.60 bits per heavy atom. The number of carbonyl (C=O) groups is 2. The Hall–Kier alpha value is -3.40. The van der Waals surface area contributed by atoms with Crippen molar-refractivity contribution >= 4 is 34.4 Å². The van der Waals surface area contributed by atoms with Crippen LogP contribution in [-0.4, -0.2) is 11.8 Å². The van der Waals surface area contributed by atoms with E-state index in [0.29, 0.717) is 11.3 Å². The Balaban J connectivity index is 1.84. The number of para-hydroxylation sites is 1. The van der Waals surface area contributed by atoms with Crippen molar-refractivity contribution in [3.63, 3.8) is 0 Å². The van der Waals surface area contributed by atoms with E-state index in [0.717, 1.165) is 16.3 Å². The predicted molar refractivity (Wildman–Crippen MR) is 101 cm³/mol. The molecule has 4 nitrogen and oxygen atoms in total. The third kappa shape index (κ3) is 3.75. The number of primary amides is 1. The molecule has 25 heavy (non-hydrogen) atoms. The van der Waals surface area contributed by atoms with E-state index >= 15 is 0 Å². The second-order valence-corrected chi connectivity index (χ2v) is 5.80. The highest BCUT2D eigenvalue weighted by molar-refractivity contribution is 6.10. The number of nitrogens with two attached hydrogens (primary N) is 1. The van der Waals surface area contributed by atoms with Crippen LogP contribution in [0.5, 0.6) is 0 Å². The summed E-state index contributed by atoms with van der Waals surface area (Å²) in [5, 5.41) is 5.01. The number of benzene rings is 3. The molecule has 0 bridgehead atoms. The first-order valence-corrected chi connectivity index (χ1v) is 7.92. The number of nitrogens with one attached hydrogen (secondary N) is 1. The van der Waals surface area contributed by atoms with Crippen molar-refractivity contribution in [1.29, 1.82) is 0 Å². The maximum Gasteiger partial charge on any atom is 0.251 e. The van der Waals surface area contributed by atoms with Gasteiger partial charge in [0.25, 0.3) is 11.8 Å². The Kier molecular flexibility index (Phi) is 4.61. The lowest BCUT2D eigenvalue weighted by Crippen LogP contribution is -2.18. The monoisotopic (exact) mass is 330 g/mol. The Labute approximate surface area is 146 Å². The van der Waals surface area contributed by atoms with E-state index in [-0.39, 0.29) is 11.5 Å². The minimum atomic E-state index is -0.577. The highest BCUT2D eigenvalue weighted by Crippen LogP contribution is 2.19. The molecular formula is C21H18N2O2. The molecule has 0 fully saturated rings. The van der Waals surface area contributed by atoms with Crippen molar-refractivity contribution in [1.82, 2.24) is 0 Å². The number of carbonyl (C=O) groups excluding carboxylic acids is 2. The number of rotatable bonds is 4. The van der Waals surface area contributed by atoms with Crippen molar-refractivity contribution in [2.45, 2.75) is 6.92 Å². The Morgan fingerprint density at radius 3 is 2.36 bits per heavy atom. The van der Waals surface area contributed by atoms with Crippen molar-refractivity contribution in [3.05, 3.63) is 83.4 Å². The lowest BCUT2D eigenvalue weighted by molar-refractivity contribution is -0.112. The zero-order chi connectivity index (χ0) is 17.8. The lowest BCUT2D eigenvalue weighted by Gasteiger charge is -2.09. The van der Waals surface area contributed by atoms with Crippen LogP contribution in [0.25, 0.3) is 16.8 Å². The van der Waals surface area contributed by atoms with Crippen LogP contribution in [0.3, 0.4) is 0 Å². The van der Waals surface area contributed by atoms with Gasteiger partial charge in [0.15, 0.2) is 0 Å². The maximum absolute atomic E-state index is 12.4. The molecule has 3 aromatic carbocycles. The highest BCUT2D eigenvalue weighted by Gasteiger charge is 2.11. The average Bonchev–Trinajstić information content (AvgIpc) is 2.61. The zero-order valence-electron chi connectivity index (χ0n) is 13.8. The van der Waals surface area contributed by atoms with E-state index in [1.165, 1.54) is 0 Å². The molecule has 0 aliphatic heterocycles. The summed E-state index contributed by atoms with van der Waals surface area (Å²) in [4.78, 5) is 23.9. The molecule has 0 saturated carbocycles. The molecule has 0 radical (unpaired) electrons. The summed E-state index contributed by atoms with van der Waals surface area (Å²) in [6, 6.07) is 20.8. The average molecular weight is 330 g/mol. The molecule has 3 N–H and O–H groups in total. The first kappa shape index (κ1) is 16.5. The van der Waals surface area contributed by atoms with Crippen LogP contribution in [-0.2, 0) is 4.79 Å². The fourth-order valence-electron chi connectivity index (χ4n) is 2.64. The lowest BCUT2D eigenvalue weighted by atomic mass is 10.0. The van der Waals surface area contributed by atoms with Crippen molar-refractivity contribution in [2.24, 2.45) is 5.73 Å². The van der Waals surface area contributed by atoms with Crippen LogP contribution in [0.2, 0.25) is 0 Å². The van der Waals surface area contributed by atoms with Crippen molar-refractivity contribution < 1.29 is 9.59 Å². The summed E-state index contributed by atoms with van der Waals surface area (Å²) < 4.78 is 0. The Bertz CT molecular complexity index is 990. The number of anilines is 1. The van der Waals surface area contributed by atoms with E-state index in [1.807, 2.05) is 48.5 Å². The van der Waals surface area contributed by atoms with Crippen LogP contribution in [0.1, 0.15) is 22.8 Å². The smallest absolute Gasteiger partial charge is 0.251 e. The second-order valence-electron chi connectivity index (χ2n) is 5.80. The number of amides is 2. The second kappa shape index (κ2) is 7.01. The van der Waals surface area contributed by atoms with E-state index in [2.05, 4.69) is 5.32 Å². The molecule has 0 heterocycles. The minimum Gasteiger partial charge on any atom is -0.366 e. The Morgan fingerprint density at radius 1 is 0.920 bits per heavy atom. The molecule has 0 saturated heterocycles. The normalized spacial score (nSPS) is 11.3. The van der Waals surface area contributed by atoms with E-state index in [9.17, 15) is 9.59 Å². The molecule has 2 amide bonds. The van der Waals surface area contributed by atoms with Gasteiger partial charge in [0.05, 0.1) is 11.3 Å². The van der Waals surface area contributed by atoms with Crippen molar-refractivity contribution in [2.75, 3.05) is 5.32 Å². The molecule has 0 aromatic heterocycles. The van der Waals surface area contributed by atoms with Crippen molar-refractivity contribution in [3.8, 4) is 0 Å². The fraction of sp³-hybridized carbons (Fsp3) is 0.0476. The van der Waals surface area contributed by atoms with Gasteiger partial charge in [-0.1, -0.05) is 48.5 Å². The SMILES string of the molecule is CC(=Cc1ccc2ccccc2c1)C(=O)Nc1ccccc1C(N)=O. The highest BCUT2D eigenvalue weighted by atomic mass is 16.2. The largest absolute Gasteiger partial charge is 0.366 e. The van der Waals surface area contributed by atoms with Crippen LogP contribution in [0.15, 0.2) is 72.3 Å². The molecule has 0 unspecified atom stereocenters. The topological polar surface area (TPSA) is 72.2 Å². The van der Waals surface area contributed by atoms with Crippen LogP contribution in [0, 0.1) is 0 Å². The van der Waals surface area contributed by atoms with Gasteiger partial charge >= 0.3 is 0 Å². The quantitative estimate of drug-likeness (QED) is 0.710. The molecule has 4 heteroatoms. The molecule has 0 atom stereocenters. The summed E-state index contributed by atoms with van der Waals surface area (Å²) in [5.41, 5.74) is 7.51. The molecule has 0 aliphatic rings. The summed E-state index contributed by atoms with van der Waals surface area (Å²) in [7, 11) is 0. The third-order valence-corrected chi connectivity index (χ3v) is 3.96. The molecule has 0 aliphatic carbocycles. The summed E-state index contributed by atoms with van der Waals surface area (Å²) in [6.07, 6.45) is 1.81. The maximum atomic E-state index is 12.4. The first-order chi connectivity index (χ1) is 12.0. The standard InChI is InChI=1S/C21H18N2O2/c1-14(12-15-10-11-16-6-2-3-7-17(16)13-15)21(25)23-19-9-5-4-8-18(19)20(22)24/h2-13H,1H3,(H2,22,24)(H,23,25). The van der Waals surface area contributed by atoms with E-state index in [1.54, 1.807) is 31.2 Å². The summed E-state index contributed by atoms with van der Waals surface area (Å²) >= 11 is 0. The fourth-order valence-corrected chi connectivity index (χ4v) is 2.64. The van der Waals surface area contributed by atoms with Crippen LogP contribution < -0.4 is 11.1 Å². The van der Waals surface area contributed by atoms with Gasteiger partial charge in [0, 0.05) is 5.57 Å². The number of hydrogen-bond acceptors (Lipinski definition) is 2. The van der Waals surface area contributed by atoms with Gasteiger partial charge in [0.1, 0.15) is 0 Å². The summed E-state index contributed by atoms with van der Waals surface area (Å²) in [5.74, 6) is -0.853. The van der Waals surface area contributed by atoms with Gasteiger partial charge in [-0.05, 0) is 47.5 Å². The van der Waals surface area contributed by atoms with Gasteiger partial charge in [-0.2, -0.15) is 0 Å². The predicted octanol–water partition coefficient (Wildman–Crippen LogP) is 3.98. The van der Waals surface area contributed by atoms with Gasteiger partial charge in [-0.3, -0.25) is 9.59 Å². The van der Waals surface area contributed by atoms with E-state index < -0.39 is 5.91 Å². The van der Waals surface area contributed by atoms with Crippen LogP contribution in [0.4, 0.5) is 5.69 Å². The van der Waals surface area contributed by atoms with Crippen LogP contribution >= 0.6 is 0 Å².